The molecule has 1 amide bonds. The van der Waals surface area contributed by atoms with Gasteiger partial charge in [0.25, 0.3) is 5.91 Å². The average Bonchev–Trinajstić information content (AvgIpc) is 2.78. The highest BCUT2D eigenvalue weighted by atomic mass is 16.6. The van der Waals surface area contributed by atoms with Gasteiger partial charge in [-0.1, -0.05) is 26.0 Å². The van der Waals surface area contributed by atoms with E-state index in [9.17, 15) is 14.7 Å². The van der Waals surface area contributed by atoms with Crippen molar-refractivity contribution >= 4 is 17.6 Å². The summed E-state index contributed by atoms with van der Waals surface area (Å²) in [6, 6.07) is 7.07. The van der Waals surface area contributed by atoms with Gasteiger partial charge in [-0.3, -0.25) is 9.59 Å². The summed E-state index contributed by atoms with van der Waals surface area (Å²) < 4.78 is 5.58. The lowest BCUT2D eigenvalue weighted by Gasteiger charge is -2.35. The predicted octanol–water partition coefficient (Wildman–Crippen LogP) is 2.80. The maximum absolute atomic E-state index is 12.9. The van der Waals surface area contributed by atoms with E-state index in [4.69, 9.17) is 4.74 Å². The number of hydrogen-bond acceptors (Lipinski definition) is 4. The summed E-state index contributed by atoms with van der Waals surface area (Å²) in [5.41, 5.74) is -0.997. The lowest BCUT2D eigenvalue weighted by Crippen LogP contribution is -2.50. The summed E-state index contributed by atoms with van der Waals surface area (Å²) >= 11 is 0. The van der Waals surface area contributed by atoms with E-state index in [0.717, 1.165) is 5.56 Å². The molecule has 3 atom stereocenters. The van der Waals surface area contributed by atoms with Crippen LogP contribution >= 0.6 is 0 Å². The minimum atomic E-state index is -1.13. The molecule has 0 spiro atoms. The van der Waals surface area contributed by atoms with Crippen LogP contribution in [0.2, 0.25) is 0 Å². The largest absolute Gasteiger partial charge is 0.448 e. The Labute approximate surface area is 136 Å². The van der Waals surface area contributed by atoms with Gasteiger partial charge in [-0.25, -0.2) is 0 Å². The second-order valence-corrected chi connectivity index (χ2v) is 7.43. The summed E-state index contributed by atoms with van der Waals surface area (Å²) in [6.07, 6.45) is 0.574. The Morgan fingerprint density at radius 1 is 1.30 bits per heavy atom. The molecule has 124 valence electrons. The predicted molar refractivity (Wildman–Crippen MR) is 85.7 cm³/mol. The van der Waals surface area contributed by atoms with Gasteiger partial charge in [-0.15, -0.1) is 0 Å². The van der Waals surface area contributed by atoms with Crippen LogP contribution in [0.25, 0.3) is 0 Å². The summed E-state index contributed by atoms with van der Waals surface area (Å²) in [7, 11) is 0. The topological polar surface area (TPSA) is 75.6 Å². The number of hydrogen-bond donors (Lipinski definition) is 2. The minimum Gasteiger partial charge on any atom is -0.448 e. The van der Waals surface area contributed by atoms with Crippen LogP contribution in [0.4, 0.5) is 5.69 Å². The highest BCUT2D eigenvalue weighted by molar-refractivity contribution is 6.03. The van der Waals surface area contributed by atoms with Crippen molar-refractivity contribution in [2.24, 2.45) is 10.8 Å². The number of aliphatic hydroxyl groups is 1. The number of carbonyl (C=O) groups is 2. The first-order valence-corrected chi connectivity index (χ1v) is 7.97. The standard InChI is InChI=1S/C18H23NO4/c1-11(20)12-6-5-7-13(10-12)19-14(21)18-9-8-17(4,15(22)23-18)16(18,2)3/h5-7,10-11,20H,8-9H2,1-4H3,(H,19,21)/t11-,17-,18+/m0/s1. The van der Waals surface area contributed by atoms with Crippen molar-refractivity contribution in [2.45, 2.75) is 52.2 Å². The Bertz CT molecular complexity index is 681. The van der Waals surface area contributed by atoms with Crippen LogP contribution in [0.15, 0.2) is 24.3 Å². The number of carbonyl (C=O) groups excluding carboxylic acids is 2. The number of nitrogens with one attached hydrogen (secondary N) is 1. The van der Waals surface area contributed by atoms with Crippen molar-refractivity contribution in [2.75, 3.05) is 5.32 Å². The van der Waals surface area contributed by atoms with Gasteiger partial charge in [0.05, 0.1) is 11.5 Å². The third kappa shape index (κ3) is 1.96. The van der Waals surface area contributed by atoms with E-state index in [1.165, 1.54) is 0 Å². The molecule has 0 radical (unpaired) electrons. The smallest absolute Gasteiger partial charge is 0.313 e. The minimum absolute atomic E-state index is 0.290. The number of esters is 1. The Balaban J connectivity index is 1.90. The lowest BCUT2D eigenvalue weighted by atomic mass is 9.66. The molecule has 0 aromatic heterocycles. The molecule has 1 heterocycles. The van der Waals surface area contributed by atoms with Gasteiger partial charge in [-0.2, -0.15) is 0 Å². The first-order valence-electron chi connectivity index (χ1n) is 7.97. The molecule has 2 fully saturated rings. The normalized spacial score (nSPS) is 32.5. The molecule has 3 rings (SSSR count). The van der Waals surface area contributed by atoms with E-state index >= 15 is 0 Å². The fourth-order valence-corrected chi connectivity index (χ4v) is 3.86. The van der Waals surface area contributed by atoms with Gasteiger partial charge in [0.15, 0.2) is 5.60 Å². The first-order chi connectivity index (χ1) is 10.6. The molecule has 1 aliphatic heterocycles. The second-order valence-electron chi connectivity index (χ2n) is 7.43. The number of amides is 1. The fraction of sp³-hybridized carbons (Fsp3) is 0.556. The Morgan fingerprint density at radius 2 is 2.00 bits per heavy atom. The maximum atomic E-state index is 12.9. The van der Waals surface area contributed by atoms with Crippen molar-refractivity contribution in [1.82, 2.24) is 0 Å². The quantitative estimate of drug-likeness (QED) is 0.841. The third-order valence-corrected chi connectivity index (χ3v) is 6.08. The Kier molecular flexibility index (Phi) is 3.34. The molecule has 1 aliphatic carbocycles. The van der Waals surface area contributed by atoms with Crippen molar-refractivity contribution in [3.63, 3.8) is 0 Å². The van der Waals surface area contributed by atoms with Gasteiger partial charge >= 0.3 is 5.97 Å². The fourth-order valence-electron chi connectivity index (χ4n) is 3.86. The van der Waals surface area contributed by atoms with Crippen molar-refractivity contribution < 1.29 is 19.4 Å². The zero-order valence-corrected chi connectivity index (χ0v) is 14.0. The molecule has 1 saturated heterocycles. The van der Waals surface area contributed by atoms with Gasteiger partial charge in [0.1, 0.15) is 0 Å². The lowest BCUT2D eigenvalue weighted by molar-refractivity contribution is -0.165. The van der Waals surface area contributed by atoms with Crippen LogP contribution in [-0.4, -0.2) is 22.6 Å². The molecule has 0 unspecified atom stereocenters. The number of ether oxygens (including phenoxy) is 1. The molecule has 1 aromatic carbocycles. The summed E-state index contributed by atoms with van der Waals surface area (Å²) in [5.74, 6) is -0.582. The summed E-state index contributed by atoms with van der Waals surface area (Å²) in [6.45, 7) is 7.41. The monoisotopic (exact) mass is 317 g/mol. The SMILES string of the molecule is C[C@H](O)c1cccc(NC(=O)[C@@]23CC[C@@](C)(C(=O)O2)C3(C)C)c1. The van der Waals surface area contributed by atoms with E-state index in [1.54, 1.807) is 31.2 Å². The van der Waals surface area contributed by atoms with E-state index in [-0.39, 0.29) is 11.9 Å². The zero-order chi connectivity index (χ0) is 17.0. The number of rotatable bonds is 3. The molecular formula is C18H23NO4. The molecule has 2 aliphatic rings. The molecule has 23 heavy (non-hydrogen) atoms. The van der Waals surface area contributed by atoms with E-state index in [1.807, 2.05) is 20.8 Å². The Morgan fingerprint density at radius 3 is 2.52 bits per heavy atom. The van der Waals surface area contributed by atoms with Gasteiger partial charge < -0.3 is 15.2 Å². The van der Waals surface area contributed by atoms with Gasteiger partial charge in [0, 0.05) is 11.1 Å². The van der Waals surface area contributed by atoms with E-state index in [0.29, 0.717) is 18.5 Å². The van der Waals surface area contributed by atoms with E-state index < -0.39 is 22.5 Å². The number of fused-ring (bicyclic) bond motifs is 2. The van der Waals surface area contributed by atoms with Crippen LogP contribution in [0.5, 0.6) is 0 Å². The number of aliphatic hydroxyl groups excluding tert-OH is 1. The maximum Gasteiger partial charge on any atom is 0.313 e. The molecule has 2 bridgehead atoms. The van der Waals surface area contributed by atoms with Crippen molar-refractivity contribution in [3.05, 3.63) is 29.8 Å². The molecule has 1 aromatic rings. The highest BCUT2D eigenvalue weighted by Crippen LogP contribution is 2.65. The summed E-state index contributed by atoms with van der Waals surface area (Å²) in [4.78, 5) is 25.2. The van der Waals surface area contributed by atoms with Crippen LogP contribution in [0.1, 0.15) is 52.2 Å². The van der Waals surface area contributed by atoms with E-state index in [2.05, 4.69) is 5.32 Å². The molecule has 5 nitrogen and oxygen atoms in total. The highest BCUT2D eigenvalue weighted by Gasteiger charge is 2.75. The van der Waals surface area contributed by atoms with Crippen LogP contribution in [-0.2, 0) is 14.3 Å². The average molecular weight is 317 g/mol. The van der Waals surface area contributed by atoms with Gasteiger partial charge in [0.2, 0.25) is 0 Å². The van der Waals surface area contributed by atoms with Gasteiger partial charge in [-0.05, 0) is 44.4 Å². The third-order valence-electron chi connectivity index (χ3n) is 6.08. The van der Waals surface area contributed by atoms with Crippen LogP contribution in [0.3, 0.4) is 0 Å². The number of benzene rings is 1. The molecule has 1 saturated carbocycles. The summed E-state index contributed by atoms with van der Waals surface area (Å²) in [5, 5.41) is 12.5. The second kappa shape index (κ2) is 4.81. The van der Waals surface area contributed by atoms with Crippen molar-refractivity contribution in [1.29, 1.82) is 0 Å². The van der Waals surface area contributed by atoms with Crippen LogP contribution in [0, 0.1) is 10.8 Å². The zero-order valence-electron chi connectivity index (χ0n) is 14.0. The molecule has 5 heteroatoms. The molecule has 2 N–H and O–H groups in total. The molecular weight excluding hydrogens is 294 g/mol. The van der Waals surface area contributed by atoms with Crippen molar-refractivity contribution in [3.8, 4) is 0 Å². The van der Waals surface area contributed by atoms with Crippen LogP contribution < -0.4 is 5.32 Å². The Hall–Kier alpha value is -1.88. The number of anilines is 1. The first kappa shape index (κ1) is 16.0.